The highest BCUT2D eigenvalue weighted by molar-refractivity contribution is 5.70. The van der Waals surface area contributed by atoms with E-state index in [-0.39, 0.29) is 6.09 Å². The lowest BCUT2D eigenvalue weighted by molar-refractivity contribution is 0.142. The Kier molecular flexibility index (Phi) is 2.87. The molecule has 1 aromatic carbocycles. The molecule has 1 amide bonds. The van der Waals surface area contributed by atoms with E-state index in [9.17, 15) is 4.79 Å². The molecule has 0 bridgehead atoms. The molecule has 1 N–H and O–H groups in total. The maximum absolute atomic E-state index is 11.6. The number of para-hydroxylation sites is 1. The first-order chi connectivity index (χ1) is 7.25. The van der Waals surface area contributed by atoms with E-state index in [1.807, 2.05) is 25.1 Å². The van der Waals surface area contributed by atoms with Crippen LogP contribution in [0.1, 0.15) is 13.3 Å². The molecule has 1 unspecified atom stereocenters. The van der Waals surface area contributed by atoms with Crippen LogP contribution in [-0.2, 0) is 0 Å². The molecule has 2 rings (SSSR count). The van der Waals surface area contributed by atoms with Gasteiger partial charge in [0.25, 0.3) is 0 Å². The highest BCUT2D eigenvalue weighted by atomic mass is 16.6. The van der Waals surface area contributed by atoms with Gasteiger partial charge in [0, 0.05) is 12.6 Å². The minimum absolute atomic E-state index is 0.341. The molecule has 15 heavy (non-hydrogen) atoms. The van der Waals surface area contributed by atoms with Crippen LogP contribution in [0.2, 0.25) is 0 Å². The summed E-state index contributed by atoms with van der Waals surface area (Å²) in [6, 6.07) is 9.42. The Hall–Kier alpha value is -1.55. The third kappa shape index (κ3) is 2.47. The van der Waals surface area contributed by atoms with Crippen LogP contribution in [0.4, 0.5) is 4.79 Å². The van der Waals surface area contributed by atoms with Crippen LogP contribution in [0.5, 0.6) is 5.75 Å². The zero-order valence-corrected chi connectivity index (χ0v) is 8.64. The van der Waals surface area contributed by atoms with Crippen LogP contribution in [0.15, 0.2) is 30.3 Å². The van der Waals surface area contributed by atoms with Gasteiger partial charge in [-0.25, -0.2) is 15.2 Å². The van der Waals surface area contributed by atoms with Crippen molar-refractivity contribution in [2.24, 2.45) is 0 Å². The third-order valence-corrected chi connectivity index (χ3v) is 2.33. The largest absolute Gasteiger partial charge is 0.429 e. The third-order valence-electron chi connectivity index (χ3n) is 2.33. The van der Waals surface area contributed by atoms with E-state index in [0.29, 0.717) is 18.3 Å². The molecule has 0 aliphatic carbocycles. The van der Waals surface area contributed by atoms with Crippen molar-refractivity contribution >= 4 is 6.09 Å². The number of hydrogen-bond acceptors (Lipinski definition) is 3. The van der Waals surface area contributed by atoms with E-state index in [1.165, 1.54) is 5.01 Å². The van der Waals surface area contributed by atoms with E-state index < -0.39 is 0 Å². The van der Waals surface area contributed by atoms with Gasteiger partial charge >= 0.3 is 6.09 Å². The number of nitrogens with one attached hydrogen (secondary N) is 1. The summed E-state index contributed by atoms with van der Waals surface area (Å²) in [6.07, 6.45) is 0.620. The van der Waals surface area contributed by atoms with Crippen molar-refractivity contribution in [2.75, 3.05) is 6.54 Å². The Labute approximate surface area is 88.8 Å². The first kappa shape index (κ1) is 9.98. The number of carbonyl (C=O) groups is 1. The maximum Gasteiger partial charge on any atom is 0.429 e. The summed E-state index contributed by atoms with van der Waals surface area (Å²) in [7, 11) is 0. The molecular weight excluding hydrogens is 192 g/mol. The fourth-order valence-electron chi connectivity index (χ4n) is 1.51. The summed E-state index contributed by atoms with van der Waals surface area (Å²) in [5.74, 6) is 0.573. The summed E-state index contributed by atoms with van der Waals surface area (Å²) in [5, 5.41) is 1.51. The molecule has 0 spiro atoms. The summed E-state index contributed by atoms with van der Waals surface area (Å²) in [5.41, 5.74) is 3.03. The van der Waals surface area contributed by atoms with Crippen molar-refractivity contribution < 1.29 is 9.53 Å². The Morgan fingerprint density at radius 2 is 2.20 bits per heavy atom. The monoisotopic (exact) mass is 206 g/mol. The fraction of sp³-hybridized carbons (Fsp3) is 0.364. The van der Waals surface area contributed by atoms with Crippen molar-refractivity contribution in [3.05, 3.63) is 30.3 Å². The molecule has 4 heteroatoms. The van der Waals surface area contributed by atoms with E-state index in [1.54, 1.807) is 12.1 Å². The van der Waals surface area contributed by atoms with Gasteiger partial charge in [0.05, 0.1) is 0 Å². The maximum atomic E-state index is 11.6. The van der Waals surface area contributed by atoms with E-state index in [4.69, 9.17) is 4.74 Å². The van der Waals surface area contributed by atoms with Crippen molar-refractivity contribution in [3.63, 3.8) is 0 Å². The van der Waals surface area contributed by atoms with E-state index >= 15 is 0 Å². The average molecular weight is 206 g/mol. The molecule has 1 fully saturated rings. The lowest BCUT2D eigenvalue weighted by Crippen LogP contribution is -2.41. The molecule has 1 atom stereocenters. The van der Waals surface area contributed by atoms with Gasteiger partial charge < -0.3 is 4.74 Å². The fourth-order valence-corrected chi connectivity index (χ4v) is 1.51. The lowest BCUT2D eigenvalue weighted by atomic mass is 10.3. The van der Waals surface area contributed by atoms with Crippen molar-refractivity contribution in [1.29, 1.82) is 0 Å². The van der Waals surface area contributed by atoms with Crippen LogP contribution >= 0.6 is 0 Å². The number of nitrogens with zero attached hydrogens (tertiary/aromatic N) is 1. The Balaban J connectivity index is 1.93. The zero-order valence-electron chi connectivity index (χ0n) is 8.64. The van der Waals surface area contributed by atoms with Crippen LogP contribution in [-0.4, -0.2) is 23.7 Å². The number of hydrazine groups is 1. The number of rotatable bonds is 1. The van der Waals surface area contributed by atoms with Gasteiger partial charge in [-0.15, -0.1) is 0 Å². The smallest absolute Gasteiger partial charge is 0.409 e. The molecule has 1 aliphatic heterocycles. The standard InChI is InChI=1S/C11H14N2O2/c1-9-7-8-13(12-9)11(14)15-10-5-3-2-4-6-10/h2-6,9,12H,7-8H2,1H3. The topological polar surface area (TPSA) is 41.6 Å². The number of benzene rings is 1. The molecule has 1 heterocycles. The molecular formula is C11H14N2O2. The molecule has 0 saturated carbocycles. The first-order valence-corrected chi connectivity index (χ1v) is 5.06. The number of amides is 1. The van der Waals surface area contributed by atoms with Gasteiger partial charge in [-0.1, -0.05) is 18.2 Å². The normalized spacial score (nSPS) is 20.3. The quantitative estimate of drug-likeness (QED) is 0.761. The second-order valence-electron chi connectivity index (χ2n) is 3.65. The number of ether oxygens (including phenoxy) is 1. The highest BCUT2D eigenvalue weighted by Gasteiger charge is 2.23. The van der Waals surface area contributed by atoms with Crippen LogP contribution < -0.4 is 10.2 Å². The Bertz CT molecular complexity index is 340. The van der Waals surface area contributed by atoms with Crippen molar-refractivity contribution in [2.45, 2.75) is 19.4 Å². The predicted octanol–water partition coefficient (Wildman–Crippen LogP) is 1.78. The minimum Gasteiger partial charge on any atom is -0.409 e. The van der Waals surface area contributed by atoms with Crippen LogP contribution in [0, 0.1) is 0 Å². The molecule has 1 aromatic rings. The van der Waals surface area contributed by atoms with E-state index in [0.717, 1.165) is 6.42 Å². The van der Waals surface area contributed by atoms with Gasteiger partial charge in [-0.3, -0.25) is 0 Å². The molecule has 0 aromatic heterocycles. The van der Waals surface area contributed by atoms with Gasteiger partial charge in [0.2, 0.25) is 0 Å². The molecule has 1 saturated heterocycles. The molecule has 80 valence electrons. The summed E-state index contributed by atoms with van der Waals surface area (Å²) >= 11 is 0. The lowest BCUT2D eigenvalue weighted by Gasteiger charge is -2.16. The van der Waals surface area contributed by atoms with Crippen LogP contribution in [0.25, 0.3) is 0 Å². The van der Waals surface area contributed by atoms with Gasteiger partial charge in [-0.05, 0) is 25.5 Å². The molecule has 1 aliphatic rings. The van der Waals surface area contributed by atoms with E-state index in [2.05, 4.69) is 5.43 Å². The zero-order chi connectivity index (χ0) is 10.7. The Morgan fingerprint density at radius 3 is 2.80 bits per heavy atom. The summed E-state index contributed by atoms with van der Waals surface area (Å²) in [4.78, 5) is 11.6. The Morgan fingerprint density at radius 1 is 1.47 bits per heavy atom. The van der Waals surface area contributed by atoms with Gasteiger partial charge in [0.1, 0.15) is 5.75 Å². The molecule has 4 nitrogen and oxygen atoms in total. The van der Waals surface area contributed by atoms with Gasteiger partial charge in [0.15, 0.2) is 0 Å². The highest BCUT2D eigenvalue weighted by Crippen LogP contribution is 2.12. The molecule has 0 radical (unpaired) electrons. The average Bonchev–Trinajstić information content (AvgIpc) is 2.66. The predicted molar refractivity (Wildman–Crippen MR) is 56.4 cm³/mol. The summed E-state index contributed by atoms with van der Waals surface area (Å²) < 4.78 is 5.17. The van der Waals surface area contributed by atoms with Gasteiger partial charge in [-0.2, -0.15) is 0 Å². The first-order valence-electron chi connectivity index (χ1n) is 5.06. The number of hydrogen-bond donors (Lipinski definition) is 1. The minimum atomic E-state index is -0.342. The van der Waals surface area contributed by atoms with Crippen molar-refractivity contribution in [3.8, 4) is 5.75 Å². The second-order valence-corrected chi connectivity index (χ2v) is 3.65. The summed E-state index contributed by atoms with van der Waals surface area (Å²) in [6.45, 7) is 2.74. The SMILES string of the molecule is CC1CCN(C(=O)Oc2ccccc2)N1. The number of carbonyl (C=O) groups excluding carboxylic acids is 1. The van der Waals surface area contributed by atoms with Crippen LogP contribution in [0.3, 0.4) is 0 Å². The van der Waals surface area contributed by atoms with Crippen molar-refractivity contribution in [1.82, 2.24) is 10.4 Å². The second kappa shape index (κ2) is 4.31.